The highest BCUT2D eigenvalue weighted by Crippen LogP contribution is 2.12. The molecule has 0 aliphatic heterocycles. The zero-order valence-corrected chi connectivity index (χ0v) is 9.25. The van der Waals surface area contributed by atoms with Gasteiger partial charge in [-0.1, -0.05) is 0 Å². The summed E-state index contributed by atoms with van der Waals surface area (Å²) in [7, 11) is 4.97. The summed E-state index contributed by atoms with van der Waals surface area (Å²) in [6, 6.07) is 0. The van der Waals surface area contributed by atoms with E-state index in [1.54, 1.807) is 25.2 Å². The van der Waals surface area contributed by atoms with Crippen molar-refractivity contribution in [2.75, 3.05) is 14.1 Å². The predicted octanol–water partition coefficient (Wildman–Crippen LogP) is 0.586. The quantitative estimate of drug-likeness (QED) is 0.323. The summed E-state index contributed by atoms with van der Waals surface area (Å²) in [4.78, 5) is 26.9. The zero-order chi connectivity index (χ0) is 12.3. The maximum Gasteiger partial charge on any atom is 0.343 e. The fourth-order valence-electron chi connectivity index (χ4n) is 1.09. The molecule has 0 unspecified atom stereocenters. The summed E-state index contributed by atoms with van der Waals surface area (Å²) in [6.45, 7) is 0. The van der Waals surface area contributed by atoms with Gasteiger partial charge in [-0.3, -0.25) is 4.79 Å². The van der Waals surface area contributed by atoms with E-state index in [0.29, 0.717) is 0 Å². The number of carbonyl (C=O) groups excluding carboxylic acids is 1. The standard InChI is InChI=1S/C9H12N4O3/c1-11(2)5-4-7(14)9-10-6-8(12(9)3)13(15)16/h4-6H,1-3H3. The molecule has 1 heterocycles. The van der Waals surface area contributed by atoms with Gasteiger partial charge in [-0.05, 0) is 4.92 Å². The van der Waals surface area contributed by atoms with Crippen molar-refractivity contribution in [1.82, 2.24) is 14.5 Å². The largest absolute Gasteiger partial charge is 0.383 e. The Bertz CT molecular complexity index is 448. The van der Waals surface area contributed by atoms with E-state index in [9.17, 15) is 14.9 Å². The monoisotopic (exact) mass is 224 g/mol. The molecular formula is C9H12N4O3. The highest BCUT2D eigenvalue weighted by atomic mass is 16.6. The third-order valence-corrected chi connectivity index (χ3v) is 1.90. The van der Waals surface area contributed by atoms with Crippen molar-refractivity contribution >= 4 is 11.6 Å². The van der Waals surface area contributed by atoms with Gasteiger partial charge >= 0.3 is 5.82 Å². The van der Waals surface area contributed by atoms with Gasteiger partial charge in [0.25, 0.3) is 5.82 Å². The fraction of sp³-hybridized carbons (Fsp3) is 0.333. The maximum atomic E-state index is 11.6. The molecule has 86 valence electrons. The Morgan fingerprint density at radius 3 is 2.69 bits per heavy atom. The lowest BCUT2D eigenvalue weighted by Crippen LogP contribution is -2.08. The van der Waals surface area contributed by atoms with Crippen LogP contribution in [0, 0.1) is 10.1 Å². The molecule has 0 bridgehead atoms. The van der Waals surface area contributed by atoms with E-state index in [0.717, 1.165) is 10.8 Å². The Morgan fingerprint density at radius 2 is 2.25 bits per heavy atom. The maximum absolute atomic E-state index is 11.6. The van der Waals surface area contributed by atoms with Crippen LogP contribution in [0.2, 0.25) is 0 Å². The summed E-state index contributed by atoms with van der Waals surface area (Å²) in [5.41, 5.74) is 0. The van der Waals surface area contributed by atoms with Crippen LogP contribution in [-0.4, -0.2) is 39.3 Å². The zero-order valence-electron chi connectivity index (χ0n) is 9.25. The molecule has 0 aromatic carbocycles. The Balaban J connectivity index is 2.98. The van der Waals surface area contributed by atoms with Crippen molar-refractivity contribution in [1.29, 1.82) is 0 Å². The number of carbonyl (C=O) groups is 1. The molecule has 0 N–H and O–H groups in total. The summed E-state index contributed by atoms with van der Waals surface area (Å²) in [5.74, 6) is -0.532. The number of nitro groups is 1. The summed E-state index contributed by atoms with van der Waals surface area (Å²) < 4.78 is 1.16. The summed E-state index contributed by atoms with van der Waals surface area (Å²) in [6.07, 6.45) is 3.94. The van der Waals surface area contributed by atoms with Crippen LogP contribution in [0.1, 0.15) is 10.6 Å². The van der Waals surface area contributed by atoms with E-state index in [1.807, 2.05) is 0 Å². The molecule has 0 aliphatic carbocycles. The van der Waals surface area contributed by atoms with E-state index in [2.05, 4.69) is 4.98 Å². The molecule has 1 aromatic heterocycles. The van der Waals surface area contributed by atoms with Crippen LogP contribution in [0.5, 0.6) is 0 Å². The molecule has 0 spiro atoms. The predicted molar refractivity (Wildman–Crippen MR) is 57.0 cm³/mol. The molecule has 0 saturated heterocycles. The molecule has 0 radical (unpaired) electrons. The van der Waals surface area contributed by atoms with Crippen LogP contribution in [0.25, 0.3) is 0 Å². The minimum absolute atomic E-state index is 0.0461. The third kappa shape index (κ3) is 2.44. The number of nitrogens with zero attached hydrogens (tertiary/aromatic N) is 4. The SMILES string of the molecule is CN(C)C=CC(=O)c1ncc([N+](=O)[O-])n1C. The second-order valence-electron chi connectivity index (χ2n) is 3.40. The molecule has 0 fully saturated rings. The minimum Gasteiger partial charge on any atom is -0.383 e. The van der Waals surface area contributed by atoms with Gasteiger partial charge in [0.05, 0.1) is 7.05 Å². The first-order valence-electron chi connectivity index (χ1n) is 4.48. The number of allylic oxidation sites excluding steroid dienone is 1. The highest BCUT2D eigenvalue weighted by Gasteiger charge is 2.20. The third-order valence-electron chi connectivity index (χ3n) is 1.90. The summed E-state index contributed by atoms with van der Waals surface area (Å²) in [5, 5.41) is 10.5. The van der Waals surface area contributed by atoms with Crippen LogP contribution in [0.4, 0.5) is 5.82 Å². The molecule has 1 aromatic rings. The van der Waals surface area contributed by atoms with E-state index in [-0.39, 0.29) is 17.4 Å². The second-order valence-corrected chi connectivity index (χ2v) is 3.40. The first kappa shape index (κ1) is 11.9. The fourth-order valence-corrected chi connectivity index (χ4v) is 1.09. The number of rotatable bonds is 4. The molecule has 0 atom stereocenters. The molecule has 0 amide bonds. The number of aromatic nitrogens is 2. The number of hydrogen-bond acceptors (Lipinski definition) is 5. The highest BCUT2D eigenvalue weighted by molar-refractivity contribution is 6.02. The van der Waals surface area contributed by atoms with Crippen molar-refractivity contribution < 1.29 is 9.72 Å². The Labute approximate surface area is 92.1 Å². The van der Waals surface area contributed by atoms with Crippen molar-refractivity contribution in [2.24, 2.45) is 7.05 Å². The Hall–Kier alpha value is -2.18. The molecule has 7 heteroatoms. The van der Waals surface area contributed by atoms with Crippen molar-refractivity contribution in [3.8, 4) is 0 Å². The lowest BCUT2D eigenvalue weighted by atomic mass is 10.3. The lowest BCUT2D eigenvalue weighted by Gasteiger charge is -2.01. The van der Waals surface area contributed by atoms with E-state index < -0.39 is 4.92 Å². The van der Waals surface area contributed by atoms with Gasteiger partial charge in [0.1, 0.15) is 6.20 Å². The number of hydrogen-bond donors (Lipinski definition) is 0. The lowest BCUT2D eigenvalue weighted by molar-refractivity contribution is -0.391. The van der Waals surface area contributed by atoms with Crippen molar-refractivity contribution in [3.63, 3.8) is 0 Å². The first-order valence-corrected chi connectivity index (χ1v) is 4.48. The van der Waals surface area contributed by atoms with Gasteiger partial charge in [0.15, 0.2) is 0 Å². The van der Waals surface area contributed by atoms with Crippen molar-refractivity contribution in [3.05, 3.63) is 34.4 Å². The molecule has 1 rings (SSSR count). The Kier molecular flexibility index (Phi) is 3.39. The van der Waals surface area contributed by atoms with Crippen LogP contribution < -0.4 is 0 Å². The normalized spacial score (nSPS) is 10.7. The minimum atomic E-state index is -0.584. The van der Waals surface area contributed by atoms with Crippen LogP contribution in [-0.2, 0) is 7.05 Å². The molecular weight excluding hydrogens is 212 g/mol. The smallest absolute Gasteiger partial charge is 0.343 e. The van der Waals surface area contributed by atoms with Crippen LogP contribution >= 0.6 is 0 Å². The topological polar surface area (TPSA) is 81.3 Å². The summed E-state index contributed by atoms with van der Waals surface area (Å²) >= 11 is 0. The van der Waals surface area contributed by atoms with E-state index >= 15 is 0 Å². The van der Waals surface area contributed by atoms with Gasteiger partial charge < -0.3 is 15.0 Å². The first-order chi connectivity index (χ1) is 7.43. The van der Waals surface area contributed by atoms with E-state index in [1.165, 1.54) is 13.1 Å². The van der Waals surface area contributed by atoms with Gasteiger partial charge in [0, 0.05) is 26.4 Å². The van der Waals surface area contributed by atoms with Gasteiger partial charge in [-0.25, -0.2) is 9.55 Å². The molecule has 16 heavy (non-hydrogen) atoms. The molecule has 7 nitrogen and oxygen atoms in total. The average molecular weight is 224 g/mol. The van der Waals surface area contributed by atoms with Crippen LogP contribution in [0.3, 0.4) is 0 Å². The van der Waals surface area contributed by atoms with Gasteiger partial charge in [-0.2, -0.15) is 0 Å². The van der Waals surface area contributed by atoms with E-state index in [4.69, 9.17) is 0 Å². The number of ketones is 1. The van der Waals surface area contributed by atoms with Crippen LogP contribution in [0.15, 0.2) is 18.5 Å². The Morgan fingerprint density at radius 1 is 1.62 bits per heavy atom. The molecule has 0 saturated carbocycles. The van der Waals surface area contributed by atoms with Crippen molar-refractivity contribution in [2.45, 2.75) is 0 Å². The average Bonchev–Trinajstić information content (AvgIpc) is 2.56. The molecule has 0 aliphatic rings. The van der Waals surface area contributed by atoms with Gasteiger partial charge in [-0.15, -0.1) is 0 Å². The number of imidazole rings is 1. The second kappa shape index (κ2) is 4.56. The van der Waals surface area contributed by atoms with Gasteiger partial charge in [0.2, 0.25) is 5.78 Å².